The van der Waals surface area contributed by atoms with Crippen LogP contribution in [0.4, 0.5) is 0 Å². The Hall–Kier alpha value is -4.18. The van der Waals surface area contributed by atoms with Crippen LogP contribution in [0.5, 0.6) is 11.5 Å². The highest BCUT2D eigenvalue weighted by molar-refractivity contribution is 7.12. The minimum Gasteiger partial charge on any atom is -0.497 e. The maximum absolute atomic E-state index is 13.8. The molecule has 0 bridgehead atoms. The summed E-state index contributed by atoms with van der Waals surface area (Å²) in [6.07, 6.45) is 1.64. The Morgan fingerprint density at radius 3 is 2.42 bits per heavy atom. The normalized spacial score (nSPS) is 15.4. The van der Waals surface area contributed by atoms with Gasteiger partial charge in [-0.15, -0.1) is 11.3 Å². The molecule has 0 saturated carbocycles. The second-order valence-electron chi connectivity index (χ2n) is 10.1. The molecule has 1 atom stereocenters. The Bertz CT molecular complexity index is 1510. The van der Waals surface area contributed by atoms with Gasteiger partial charge in [0.2, 0.25) is 5.13 Å². The first-order valence-electron chi connectivity index (χ1n) is 13.2. The summed E-state index contributed by atoms with van der Waals surface area (Å²) >= 11 is 1.48. The summed E-state index contributed by atoms with van der Waals surface area (Å²) < 4.78 is 12.3. The Labute approximate surface area is 238 Å². The van der Waals surface area contributed by atoms with Crippen LogP contribution in [0.3, 0.4) is 0 Å². The molecule has 208 valence electrons. The van der Waals surface area contributed by atoms with Gasteiger partial charge in [0.15, 0.2) is 0 Å². The molecule has 9 nitrogen and oxygen atoms in total. The zero-order valence-corrected chi connectivity index (χ0v) is 24.1. The fraction of sp³-hybridized carbons (Fsp3) is 0.333. The quantitative estimate of drug-likeness (QED) is 0.312. The number of hydrogen-bond donors (Lipinski definition) is 0. The first-order chi connectivity index (χ1) is 19.3. The highest BCUT2D eigenvalue weighted by Crippen LogP contribution is 2.30. The lowest BCUT2D eigenvalue weighted by Crippen LogP contribution is -2.55. The minimum absolute atomic E-state index is 0.0446. The molecule has 0 aliphatic carbocycles. The largest absolute Gasteiger partial charge is 0.497 e. The number of ether oxygens (including phenoxy) is 2. The van der Waals surface area contributed by atoms with Crippen LogP contribution in [0, 0.1) is 0 Å². The maximum Gasteiger partial charge on any atom is 0.257 e. The van der Waals surface area contributed by atoms with Crippen LogP contribution in [0.1, 0.15) is 53.1 Å². The SMILES string of the molecule is COc1ccc(-c2csc(-n3ncc(C(=O)N4CCN(C(=O)c5cccc(OC)c5)C(C)C4)c3C(C)C)n2)cc1. The lowest BCUT2D eigenvalue weighted by molar-refractivity contribution is 0.0413. The second-order valence-corrected chi connectivity index (χ2v) is 10.9. The fourth-order valence-electron chi connectivity index (χ4n) is 5.02. The molecule has 1 aliphatic rings. The standard InChI is InChI=1S/C30H33N5O4S/c1-19(2)27-25(16-31-35(27)30-32-26(18-40-30)21-9-11-23(38-4)12-10-21)29(37)33-13-14-34(20(3)17-33)28(36)22-7-6-8-24(15-22)39-5/h6-12,15-16,18-20H,13-14,17H2,1-5H3. The molecule has 1 fully saturated rings. The van der Waals surface area contributed by atoms with Crippen molar-refractivity contribution in [3.8, 4) is 27.9 Å². The van der Waals surface area contributed by atoms with E-state index in [0.29, 0.717) is 41.6 Å². The van der Waals surface area contributed by atoms with Crippen molar-refractivity contribution in [3.05, 3.63) is 76.9 Å². The maximum atomic E-state index is 13.8. The number of aromatic nitrogens is 3. The van der Waals surface area contributed by atoms with Crippen LogP contribution in [0.15, 0.2) is 60.1 Å². The zero-order valence-electron chi connectivity index (χ0n) is 23.3. The van der Waals surface area contributed by atoms with E-state index in [0.717, 1.165) is 22.7 Å². The van der Waals surface area contributed by atoms with E-state index in [1.807, 2.05) is 58.5 Å². The van der Waals surface area contributed by atoms with Crippen molar-refractivity contribution in [2.24, 2.45) is 0 Å². The molecule has 0 radical (unpaired) electrons. The molecule has 1 unspecified atom stereocenters. The van der Waals surface area contributed by atoms with Gasteiger partial charge < -0.3 is 19.3 Å². The molecule has 2 amide bonds. The molecule has 10 heteroatoms. The molecule has 3 heterocycles. The van der Waals surface area contributed by atoms with E-state index in [1.54, 1.807) is 37.2 Å². The third kappa shape index (κ3) is 5.31. The van der Waals surface area contributed by atoms with Crippen LogP contribution in [-0.4, -0.2) is 76.3 Å². The van der Waals surface area contributed by atoms with E-state index in [2.05, 4.69) is 18.9 Å². The van der Waals surface area contributed by atoms with Crippen molar-refractivity contribution in [1.29, 1.82) is 0 Å². The summed E-state index contributed by atoms with van der Waals surface area (Å²) in [6.45, 7) is 7.41. The van der Waals surface area contributed by atoms with Gasteiger partial charge in [0.25, 0.3) is 11.8 Å². The molecule has 40 heavy (non-hydrogen) atoms. The van der Waals surface area contributed by atoms with Crippen LogP contribution >= 0.6 is 11.3 Å². The number of carbonyl (C=O) groups is 2. The number of hydrogen-bond acceptors (Lipinski definition) is 7. The average molecular weight is 560 g/mol. The van der Waals surface area contributed by atoms with Crippen molar-refractivity contribution in [3.63, 3.8) is 0 Å². The molecule has 1 aliphatic heterocycles. The molecule has 0 N–H and O–H groups in total. The fourth-order valence-corrected chi connectivity index (χ4v) is 5.82. The monoisotopic (exact) mass is 559 g/mol. The lowest BCUT2D eigenvalue weighted by Gasteiger charge is -2.40. The topological polar surface area (TPSA) is 89.8 Å². The predicted octanol–water partition coefficient (Wildman–Crippen LogP) is 5.12. The molecule has 2 aromatic carbocycles. The van der Waals surface area contributed by atoms with Crippen molar-refractivity contribution < 1.29 is 19.1 Å². The van der Waals surface area contributed by atoms with Gasteiger partial charge in [-0.1, -0.05) is 19.9 Å². The van der Waals surface area contributed by atoms with E-state index in [4.69, 9.17) is 14.5 Å². The Kier molecular flexibility index (Phi) is 7.88. The Balaban J connectivity index is 1.34. The summed E-state index contributed by atoms with van der Waals surface area (Å²) in [5.41, 5.74) is 3.78. The summed E-state index contributed by atoms with van der Waals surface area (Å²) in [7, 11) is 3.22. The van der Waals surface area contributed by atoms with Crippen molar-refractivity contribution in [1.82, 2.24) is 24.6 Å². The van der Waals surface area contributed by atoms with Gasteiger partial charge in [-0.25, -0.2) is 9.67 Å². The third-order valence-electron chi connectivity index (χ3n) is 7.14. The van der Waals surface area contributed by atoms with Gasteiger partial charge in [-0.2, -0.15) is 5.10 Å². The summed E-state index contributed by atoms with van der Waals surface area (Å²) in [5, 5.41) is 7.29. The molecule has 2 aromatic heterocycles. The smallest absolute Gasteiger partial charge is 0.257 e. The van der Waals surface area contributed by atoms with Gasteiger partial charge in [-0.05, 0) is 55.3 Å². The first kappa shape index (κ1) is 27.4. The summed E-state index contributed by atoms with van der Waals surface area (Å²) in [5.74, 6) is 1.33. The van der Waals surface area contributed by atoms with E-state index >= 15 is 0 Å². The Morgan fingerprint density at radius 1 is 1.00 bits per heavy atom. The minimum atomic E-state index is -0.139. The van der Waals surface area contributed by atoms with Gasteiger partial charge in [0, 0.05) is 42.2 Å². The number of piperazine rings is 1. The molecule has 5 rings (SSSR count). The highest BCUT2D eigenvalue weighted by Gasteiger charge is 2.33. The molecular weight excluding hydrogens is 526 g/mol. The van der Waals surface area contributed by atoms with E-state index in [1.165, 1.54) is 11.3 Å². The van der Waals surface area contributed by atoms with Crippen molar-refractivity contribution >= 4 is 23.2 Å². The Morgan fingerprint density at radius 2 is 1.75 bits per heavy atom. The van der Waals surface area contributed by atoms with E-state index in [9.17, 15) is 9.59 Å². The molecule has 0 spiro atoms. The van der Waals surface area contributed by atoms with Crippen molar-refractivity contribution in [2.45, 2.75) is 32.7 Å². The number of methoxy groups -OCH3 is 2. The zero-order chi connectivity index (χ0) is 28.4. The molecule has 1 saturated heterocycles. The van der Waals surface area contributed by atoms with Crippen LogP contribution < -0.4 is 9.47 Å². The van der Waals surface area contributed by atoms with Crippen LogP contribution in [0.2, 0.25) is 0 Å². The highest BCUT2D eigenvalue weighted by atomic mass is 32.1. The predicted molar refractivity (Wildman–Crippen MR) is 155 cm³/mol. The summed E-state index contributed by atoms with van der Waals surface area (Å²) in [6, 6.07) is 14.8. The van der Waals surface area contributed by atoms with Gasteiger partial charge in [-0.3, -0.25) is 9.59 Å². The number of carbonyl (C=O) groups excluding carboxylic acids is 2. The summed E-state index contributed by atoms with van der Waals surface area (Å²) in [4.78, 5) is 35.4. The van der Waals surface area contributed by atoms with E-state index < -0.39 is 0 Å². The first-order valence-corrected chi connectivity index (χ1v) is 14.1. The second kappa shape index (κ2) is 11.5. The third-order valence-corrected chi connectivity index (χ3v) is 7.95. The van der Waals surface area contributed by atoms with Gasteiger partial charge in [0.1, 0.15) is 11.5 Å². The number of benzene rings is 2. The van der Waals surface area contributed by atoms with Crippen molar-refractivity contribution in [2.75, 3.05) is 33.9 Å². The lowest BCUT2D eigenvalue weighted by atomic mass is 10.0. The number of nitrogens with zero attached hydrogens (tertiary/aromatic N) is 5. The van der Waals surface area contributed by atoms with Crippen LogP contribution in [0.25, 0.3) is 16.4 Å². The van der Waals surface area contributed by atoms with Crippen LogP contribution in [-0.2, 0) is 0 Å². The average Bonchev–Trinajstić information content (AvgIpc) is 3.64. The van der Waals surface area contributed by atoms with E-state index in [-0.39, 0.29) is 23.8 Å². The van der Waals surface area contributed by atoms with Gasteiger partial charge >= 0.3 is 0 Å². The number of rotatable bonds is 7. The number of amides is 2. The molecular formula is C30H33N5O4S. The molecule has 4 aromatic rings. The number of thiazole rings is 1. The van der Waals surface area contributed by atoms with Gasteiger partial charge in [0.05, 0.1) is 37.4 Å².